The SMILES string of the molecule is O=[N+]([O-])c1ccc(CS(=O)(=O)NCCCOc2cccc3cccnc23)cc1. The molecule has 1 heterocycles. The smallest absolute Gasteiger partial charge is 0.269 e. The third-order valence-electron chi connectivity index (χ3n) is 4.00. The molecule has 0 bridgehead atoms. The van der Waals surface area contributed by atoms with Crippen molar-refractivity contribution in [3.8, 4) is 5.75 Å². The third-order valence-corrected chi connectivity index (χ3v) is 5.36. The first-order chi connectivity index (χ1) is 13.4. The molecule has 3 rings (SSSR count). The molecule has 0 saturated heterocycles. The molecule has 0 saturated carbocycles. The van der Waals surface area contributed by atoms with E-state index in [1.165, 1.54) is 24.3 Å². The van der Waals surface area contributed by atoms with Crippen molar-refractivity contribution >= 4 is 26.6 Å². The molecule has 0 aliphatic rings. The highest BCUT2D eigenvalue weighted by atomic mass is 32.2. The van der Waals surface area contributed by atoms with E-state index in [4.69, 9.17) is 4.74 Å². The molecule has 9 heteroatoms. The lowest BCUT2D eigenvalue weighted by Crippen LogP contribution is -2.27. The van der Waals surface area contributed by atoms with E-state index in [1.807, 2.05) is 30.3 Å². The number of nitro groups is 1. The van der Waals surface area contributed by atoms with Crippen LogP contribution < -0.4 is 9.46 Å². The molecule has 3 aromatic rings. The summed E-state index contributed by atoms with van der Waals surface area (Å²) in [5, 5.41) is 11.6. The highest BCUT2D eigenvalue weighted by molar-refractivity contribution is 7.88. The number of nitrogens with one attached hydrogen (secondary N) is 1. The Kier molecular flexibility index (Phi) is 6.17. The Morgan fingerprint density at radius 3 is 2.57 bits per heavy atom. The zero-order valence-corrected chi connectivity index (χ0v) is 15.8. The number of nitrogens with zero attached hydrogens (tertiary/aromatic N) is 2. The highest BCUT2D eigenvalue weighted by Crippen LogP contribution is 2.22. The van der Waals surface area contributed by atoms with E-state index < -0.39 is 14.9 Å². The predicted molar refractivity (Wildman–Crippen MR) is 106 cm³/mol. The van der Waals surface area contributed by atoms with Gasteiger partial charge < -0.3 is 4.74 Å². The van der Waals surface area contributed by atoms with Gasteiger partial charge in [0.2, 0.25) is 10.0 Å². The maximum atomic E-state index is 12.1. The maximum absolute atomic E-state index is 12.1. The topological polar surface area (TPSA) is 111 Å². The minimum Gasteiger partial charge on any atom is -0.491 e. The van der Waals surface area contributed by atoms with Crippen molar-refractivity contribution in [1.29, 1.82) is 0 Å². The first-order valence-electron chi connectivity index (χ1n) is 8.62. The van der Waals surface area contributed by atoms with E-state index in [0.717, 1.165) is 10.9 Å². The molecule has 0 aliphatic heterocycles. The number of nitro benzene ring substituents is 1. The number of hydrogen-bond acceptors (Lipinski definition) is 6. The van der Waals surface area contributed by atoms with Gasteiger partial charge in [0.1, 0.15) is 11.3 Å². The molecule has 0 spiro atoms. The van der Waals surface area contributed by atoms with Crippen LogP contribution in [-0.4, -0.2) is 31.5 Å². The molecule has 0 amide bonds. The van der Waals surface area contributed by atoms with Crippen molar-refractivity contribution in [2.24, 2.45) is 0 Å². The average Bonchev–Trinajstić information content (AvgIpc) is 2.68. The van der Waals surface area contributed by atoms with Crippen LogP contribution in [0.5, 0.6) is 5.75 Å². The van der Waals surface area contributed by atoms with Crippen LogP contribution >= 0.6 is 0 Å². The van der Waals surface area contributed by atoms with Crippen LogP contribution in [0.15, 0.2) is 60.8 Å². The van der Waals surface area contributed by atoms with Gasteiger partial charge in [0.15, 0.2) is 0 Å². The number of para-hydroxylation sites is 1. The predicted octanol–water partition coefficient (Wildman–Crippen LogP) is 3.03. The van der Waals surface area contributed by atoms with Gasteiger partial charge in [0.25, 0.3) is 5.69 Å². The summed E-state index contributed by atoms with van der Waals surface area (Å²) < 4.78 is 32.5. The Bertz CT molecular complexity index is 1060. The molecular weight excluding hydrogens is 382 g/mol. The molecule has 1 N–H and O–H groups in total. The van der Waals surface area contributed by atoms with Crippen molar-refractivity contribution in [3.05, 3.63) is 76.5 Å². The van der Waals surface area contributed by atoms with Crippen molar-refractivity contribution in [1.82, 2.24) is 9.71 Å². The number of rotatable bonds is 9. The second kappa shape index (κ2) is 8.77. The first kappa shape index (κ1) is 19.7. The van der Waals surface area contributed by atoms with E-state index in [1.54, 1.807) is 6.20 Å². The summed E-state index contributed by atoms with van der Waals surface area (Å²) in [7, 11) is -3.54. The van der Waals surface area contributed by atoms with Crippen LogP contribution in [0.2, 0.25) is 0 Å². The highest BCUT2D eigenvalue weighted by Gasteiger charge is 2.12. The summed E-state index contributed by atoms with van der Waals surface area (Å²) in [6, 6.07) is 14.9. The number of fused-ring (bicyclic) bond motifs is 1. The number of hydrogen-bond donors (Lipinski definition) is 1. The summed E-state index contributed by atoms with van der Waals surface area (Å²) in [6.45, 7) is 0.573. The fraction of sp³-hybridized carbons (Fsp3) is 0.211. The number of benzene rings is 2. The number of sulfonamides is 1. The van der Waals surface area contributed by atoms with Gasteiger partial charge in [-0.15, -0.1) is 0 Å². The van der Waals surface area contributed by atoms with Crippen molar-refractivity contribution in [2.75, 3.05) is 13.2 Å². The van der Waals surface area contributed by atoms with Crippen molar-refractivity contribution in [2.45, 2.75) is 12.2 Å². The third kappa shape index (κ3) is 5.24. The molecule has 0 aliphatic carbocycles. The monoisotopic (exact) mass is 401 g/mol. The lowest BCUT2D eigenvalue weighted by Gasteiger charge is -2.09. The van der Waals surface area contributed by atoms with Gasteiger partial charge in [-0.2, -0.15) is 0 Å². The Balaban J connectivity index is 1.47. The fourth-order valence-electron chi connectivity index (χ4n) is 2.66. The quantitative estimate of drug-likeness (QED) is 0.335. The van der Waals surface area contributed by atoms with Gasteiger partial charge in [-0.05, 0) is 24.1 Å². The molecular formula is C19H19N3O5S. The van der Waals surface area contributed by atoms with E-state index in [9.17, 15) is 18.5 Å². The largest absolute Gasteiger partial charge is 0.491 e. The Hall–Kier alpha value is -3.04. The van der Waals surface area contributed by atoms with Crippen LogP contribution in [0.3, 0.4) is 0 Å². The van der Waals surface area contributed by atoms with Crippen LogP contribution in [0.1, 0.15) is 12.0 Å². The summed E-state index contributed by atoms with van der Waals surface area (Å²) in [4.78, 5) is 14.4. The first-order valence-corrected chi connectivity index (χ1v) is 10.3. The van der Waals surface area contributed by atoms with Gasteiger partial charge in [-0.1, -0.05) is 30.3 Å². The van der Waals surface area contributed by atoms with Crippen LogP contribution in [0.4, 0.5) is 5.69 Å². The van der Waals surface area contributed by atoms with Gasteiger partial charge in [0.05, 0.1) is 17.3 Å². The normalized spacial score (nSPS) is 11.4. The lowest BCUT2D eigenvalue weighted by atomic mass is 10.2. The molecule has 0 atom stereocenters. The van der Waals surface area contributed by atoms with Crippen LogP contribution in [0.25, 0.3) is 10.9 Å². The Labute approximate surface area is 162 Å². The molecule has 0 radical (unpaired) electrons. The molecule has 0 unspecified atom stereocenters. The number of aromatic nitrogens is 1. The second-order valence-corrected chi connectivity index (χ2v) is 7.92. The number of ether oxygens (including phenoxy) is 1. The van der Waals surface area contributed by atoms with Crippen LogP contribution in [-0.2, 0) is 15.8 Å². The summed E-state index contributed by atoms with van der Waals surface area (Å²) in [5.41, 5.74) is 1.18. The van der Waals surface area contributed by atoms with Gasteiger partial charge >= 0.3 is 0 Å². The number of pyridine rings is 1. The molecule has 2 aromatic carbocycles. The maximum Gasteiger partial charge on any atom is 0.269 e. The molecule has 8 nitrogen and oxygen atoms in total. The van der Waals surface area contributed by atoms with Crippen molar-refractivity contribution < 1.29 is 18.1 Å². The lowest BCUT2D eigenvalue weighted by molar-refractivity contribution is -0.384. The zero-order chi connectivity index (χ0) is 20.0. The standard InChI is InChI=1S/C19H19N3O5S/c23-22(24)17-9-7-15(8-10-17)14-28(25,26)21-12-3-13-27-18-6-1-4-16-5-2-11-20-19(16)18/h1-2,4-11,21H,3,12-14H2. The van der Waals surface area contributed by atoms with Gasteiger partial charge in [-0.25, -0.2) is 13.1 Å². The van der Waals surface area contributed by atoms with Crippen LogP contribution in [0, 0.1) is 10.1 Å². The van der Waals surface area contributed by atoms with E-state index >= 15 is 0 Å². The van der Waals surface area contributed by atoms with Gasteiger partial charge in [0, 0.05) is 30.3 Å². The summed E-state index contributed by atoms with van der Waals surface area (Å²) in [5.74, 6) is 0.422. The van der Waals surface area contributed by atoms with Crippen molar-refractivity contribution in [3.63, 3.8) is 0 Å². The second-order valence-electron chi connectivity index (χ2n) is 6.11. The Morgan fingerprint density at radius 2 is 1.82 bits per heavy atom. The molecule has 146 valence electrons. The molecule has 1 aromatic heterocycles. The van der Waals surface area contributed by atoms with E-state index in [2.05, 4.69) is 9.71 Å². The summed E-state index contributed by atoms with van der Waals surface area (Å²) in [6.07, 6.45) is 2.18. The molecule has 0 fully saturated rings. The minimum atomic E-state index is -3.54. The molecule has 28 heavy (non-hydrogen) atoms. The summed E-state index contributed by atoms with van der Waals surface area (Å²) >= 11 is 0. The van der Waals surface area contributed by atoms with Gasteiger partial charge in [-0.3, -0.25) is 15.1 Å². The van der Waals surface area contributed by atoms with E-state index in [-0.39, 0.29) is 18.0 Å². The zero-order valence-electron chi connectivity index (χ0n) is 14.9. The Morgan fingerprint density at radius 1 is 1.07 bits per heavy atom. The van der Waals surface area contributed by atoms with E-state index in [0.29, 0.717) is 24.3 Å². The average molecular weight is 401 g/mol. The fourth-order valence-corrected chi connectivity index (χ4v) is 3.85. The minimum absolute atomic E-state index is 0.0748. The number of non-ortho nitro benzene ring substituents is 1.